The van der Waals surface area contributed by atoms with Crippen LogP contribution in [-0.2, 0) is 9.59 Å². The van der Waals surface area contributed by atoms with Crippen molar-refractivity contribution in [3.8, 4) is 5.69 Å². The average Bonchev–Trinajstić information content (AvgIpc) is 3.37. The number of halogens is 1. The maximum absolute atomic E-state index is 12.8. The molecule has 1 aliphatic heterocycles. The summed E-state index contributed by atoms with van der Waals surface area (Å²) in [5.41, 5.74) is 1.51. The third kappa shape index (κ3) is 3.36. The molecule has 1 aliphatic carbocycles. The molecule has 5 nitrogen and oxygen atoms in total. The van der Waals surface area contributed by atoms with Gasteiger partial charge in [-0.3, -0.25) is 9.59 Å². The van der Waals surface area contributed by atoms with E-state index in [0.717, 1.165) is 18.5 Å². The largest absolute Gasteiger partial charge is 0.339 e. The lowest BCUT2D eigenvalue weighted by Crippen LogP contribution is -2.35. The fourth-order valence-electron chi connectivity index (χ4n) is 4.03. The summed E-state index contributed by atoms with van der Waals surface area (Å²) in [5, 5.41) is 3.61. The lowest BCUT2D eigenvalue weighted by molar-refractivity contribution is -0.129. The number of carbonyl (C=O) groups is 2. The Morgan fingerprint density at radius 1 is 1.15 bits per heavy atom. The molecule has 136 valence electrons. The first-order valence-corrected chi connectivity index (χ1v) is 9.53. The first kappa shape index (κ1) is 17.2. The number of anilines is 1. The number of aromatic nitrogens is 1. The highest BCUT2D eigenvalue weighted by molar-refractivity contribution is 6.31. The van der Waals surface area contributed by atoms with Crippen molar-refractivity contribution in [2.75, 3.05) is 11.9 Å². The number of rotatable bonds is 4. The highest BCUT2D eigenvalue weighted by Crippen LogP contribution is 2.31. The van der Waals surface area contributed by atoms with Crippen molar-refractivity contribution in [2.45, 2.75) is 38.1 Å². The van der Waals surface area contributed by atoms with E-state index < -0.39 is 0 Å². The zero-order valence-corrected chi connectivity index (χ0v) is 15.3. The van der Waals surface area contributed by atoms with Crippen molar-refractivity contribution in [2.24, 2.45) is 5.92 Å². The molecular weight excluding hydrogens is 350 g/mol. The minimum Gasteiger partial charge on any atom is -0.339 e. The van der Waals surface area contributed by atoms with Crippen LogP contribution in [0.15, 0.2) is 42.7 Å². The molecule has 1 N–H and O–H groups in total. The maximum Gasteiger partial charge on any atom is 0.229 e. The van der Waals surface area contributed by atoms with E-state index in [9.17, 15) is 9.59 Å². The monoisotopic (exact) mass is 371 g/mol. The van der Waals surface area contributed by atoms with Crippen LogP contribution in [-0.4, -0.2) is 33.9 Å². The van der Waals surface area contributed by atoms with Crippen LogP contribution >= 0.6 is 11.6 Å². The van der Waals surface area contributed by atoms with Gasteiger partial charge in [0, 0.05) is 36.4 Å². The van der Waals surface area contributed by atoms with Crippen molar-refractivity contribution < 1.29 is 9.59 Å². The average molecular weight is 372 g/mol. The Balaban J connectivity index is 1.50. The second-order valence-electron chi connectivity index (χ2n) is 7.13. The van der Waals surface area contributed by atoms with E-state index in [1.807, 2.05) is 40.1 Å². The van der Waals surface area contributed by atoms with Crippen LogP contribution in [0.1, 0.15) is 32.1 Å². The van der Waals surface area contributed by atoms with Crippen molar-refractivity contribution in [1.29, 1.82) is 0 Å². The van der Waals surface area contributed by atoms with E-state index in [4.69, 9.17) is 11.6 Å². The number of nitrogens with one attached hydrogen (secondary N) is 1. The molecule has 2 amide bonds. The SMILES string of the molecule is O=C(Nc1ccc(Cl)cc1-n1cccc1)C1CC(=O)N(C2CCCC2)C1. The smallest absolute Gasteiger partial charge is 0.229 e. The fourth-order valence-corrected chi connectivity index (χ4v) is 4.20. The third-order valence-corrected chi connectivity index (χ3v) is 5.63. The van der Waals surface area contributed by atoms with Crippen LogP contribution in [0.2, 0.25) is 5.02 Å². The number of hydrogen-bond donors (Lipinski definition) is 1. The summed E-state index contributed by atoms with van der Waals surface area (Å²) >= 11 is 6.13. The molecule has 4 rings (SSSR count). The second-order valence-corrected chi connectivity index (χ2v) is 7.56. The Kier molecular flexibility index (Phi) is 4.72. The van der Waals surface area contributed by atoms with Crippen LogP contribution in [0.3, 0.4) is 0 Å². The highest BCUT2D eigenvalue weighted by atomic mass is 35.5. The van der Waals surface area contributed by atoms with Gasteiger partial charge in [0.2, 0.25) is 11.8 Å². The summed E-state index contributed by atoms with van der Waals surface area (Å²) in [4.78, 5) is 27.1. The van der Waals surface area contributed by atoms with Gasteiger partial charge in [-0.25, -0.2) is 0 Å². The van der Waals surface area contributed by atoms with Crippen molar-refractivity contribution in [1.82, 2.24) is 9.47 Å². The molecule has 0 radical (unpaired) electrons. The van der Waals surface area contributed by atoms with E-state index in [2.05, 4.69) is 5.32 Å². The van der Waals surface area contributed by atoms with E-state index in [1.54, 1.807) is 12.1 Å². The molecule has 1 saturated carbocycles. The van der Waals surface area contributed by atoms with Gasteiger partial charge in [0.05, 0.1) is 17.3 Å². The van der Waals surface area contributed by atoms with Gasteiger partial charge < -0.3 is 14.8 Å². The van der Waals surface area contributed by atoms with Crippen LogP contribution in [0, 0.1) is 5.92 Å². The molecule has 2 aliphatic rings. The number of amides is 2. The van der Waals surface area contributed by atoms with E-state index >= 15 is 0 Å². The lowest BCUT2D eigenvalue weighted by Gasteiger charge is -2.24. The first-order valence-electron chi connectivity index (χ1n) is 9.15. The molecule has 1 saturated heterocycles. The van der Waals surface area contributed by atoms with E-state index in [1.165, 1.54) is 12.8 Å². The molecule has 0 spiro atoms. The van der Waals surface area contributed by atoms with Gasteiger partial charge in [-0.15, -0.1) is 0 Å². The summed E-state index contributed by atoms with van der Waals surface area (Å²) < 4.78 is 1.91. The Labute approximate surface area is 157 Å². The predicted octanol–water partition coefficient (Wildman–Crippen LogP) is 3.86. The van der Waals surface area contributed by atoms with Crippen molar-refractivity contribution in [3.05, 3.63) is 47.7 Å². The number of benzene rings is 1. The van der Waals surface area contributed by atoms with Gasteiger partial charge in [-0.1, -0.05) is 24.4 Å². The molecule has 1 aromatic carbocycles. The number of likely N-dealkylation sites (tertiary alicyclic amines) is 1. The van der Waals surface area contributed by atoms with E-state index in [-0.39, 0.29) is 17.7 Å². The Bertz CT molecular complexity index is 812. The molecular formula is C20H22ClN3O2. The second kappa shape index (κ2) is 7.16. The molecule has 26 heavy (non-hydrogen) atoms. The molecule has 1 unspecified atom stereocenters. The van der Waals surface area contributed by atoms with Crippen LogP contribution < -0.4 is 5.32 Å². The Hall–Kier alpha value is -2.27. The normalized spacial score (nSPS) is 20.7. The van der Waals surface area contributed by atoms with Crippen molar-refractivity contribution >= 4 is 29.1 Å². The minimum absolute atomic E-state index is 0.102. The quantitative estimate of drug-likeness (QED) is 0.887. The fraction of sp³-hybridized carbons (Fsp3) is 0.400. The molecule has 1 atom stereocenters. The van der Waals surface area contributed by atoms with Gasteiger partial charge in [-0.05, 0) is 43.2 Å². The Morgan fingerprint density at radius 3 is 2.62 bits per heavy atom. The molecule has 2 fully saturated rings. The minimum atomic E-state index is -0.295. The standard InChI is InChI=1S/C20H22ClN3O2/c21-15-7-8-17(18(12-15)23-9-3-4-10-23)22-20(26)14-11-19(25)24(13-14)16-5-1-2-6-16/h3-4,7-10,12,14,16H,1-2,5-6,11,13H2,(H,22,26). The third-order valence-electron chi connectivity index (χ3n) is 5.39. The van der Waals surface area contributed by atoms with Crippen LogP contribution in [0.4, 0.5) is 5.69 Å². The molecule has 2 heterocycles. The summed E-state index contributed by atoms with van der Waals surface area (Å²) in [7, 11) is 0. The zero-order chi connectivity index (χ0) is 18.1. The van der Waals surface area contributed by atoms with Gasteiger partial charge in [-0.2, -0.15) is 0 Å². The van der Waals surface area contributed by atoms with E-state index in [0.29, 0.717) is 29.7 Å². The van der Waals surface area contributed by atoms with Crippen LogP contribution in [0.5, 0.6) is 0 Å². The molecule has 1 aromatic heterocycles. The topological polar surface area (TPSA) is 54.3 Å². The van der Waals surface area contributed by atoms with Crippen LogP contribution in [0.25, 0.3) is 5.69 Å². The summed E-state index contributed by atoms with van der Waals surface area (Å²) in [6.45, 7) is 0.530. The highest BCUT2D eigenvalue weighted by Gasteiger charge is 2.38. The number of carbonyl (C=O) groups excluding carboxylic acids is 2. The molecule has 6 heteroatoms. The number of hydrogen-bond acceptors (Lipinski definition) is 2. The van der Waals surface area contributed by atoms with Gasteiger partial charge in [0.15, 0.2) is 0 Å². The maximum atomic E-state index is 12.8. The lowest BCUT2D eigenvalue weighted by atomic mass is 10.1. The van der Waals surface area contributed by atoms with Crippen molar-refractivity contribution in [3.63, 3.8) is 0 Å². The first-order chi connectivity index (χ1) is 12.6. The van der Waals surface area contributed by atoms with Gasteiger partial charge in [0.25, 0.3) is 0 Å². The predicted molar refractivity (Wildman–Crippen MR) is 101 cm³/mol. The summed E-state index contributed by atoms with van der Waals surface area (Å²) in [5.74, 6) is -0.287. The Morgan fingerprint density at radius 2 is 1.88 bits per heavy atom. The molecule has 0 bridgehead atoms. The summed E-state index contributed by atoms with van der Waals surface area (Å²) in [6.07, 6.45) is 8.59. The zero-order valence-electron chi connectivity index (χ0n) is 14.5. The van der Waals surface area contributed by atoms with Gasteiger partial charge >= 0.3 is 0 Å². The van der Waals surface area contributed by atoms with Gasteiger partial charge in [0.1, 0.15) is 0 Å². The molecule has 2 aromatic rings. The number of nitrogens with zero attached hydrogens (tertiary/aromatic N) is 2. The summed E-state index contributed by atoms with van der Waals surface area (Å²) in [6, 6.07) is 9.55.